The largest absolute Gasteiger partial charge is 0.387 e. The smallest absolute Gasteiger partial charge is 0.294 e. The van der Waals surface area contributed by atoms with Crippen LogP contribution < -0.4 is 10.6 Å². The average molecular weight is 441 g/mol. The van der Waals surface area contributed by atoms with E-state index in [0.29, 0.717) is 5.69 Å². The summed E-state index contributed by atoms with van der Waals surface area (Å²) < 4.78 is 31.1. The van der Waals surface area contributed by atoms with Crippen molar-refractivity contribution < 1.29 is 17.8 Å². The molecule has 0 aliphatic carbocycles. The van der Waals surface area contributed by atoms with Crippen LogP contribution in [-0.2, 0) is 21.5 Å². The Morgan fingerprint density at radius 2 is 1.77 bits per heavy atom. The van der Waals surface area contributed by atoms with Gasteiger partial charge in [-0.1, -0.05) is 30.3 Å². The number of anilines is 1. The molecule has 1 saturated heterocycles. The number of hydrogen-bond acceptors (Lipinski definition) is 6. The predicted octanol–water partition coefficient (Wildman–Crippen LogP) is 2.53. The van der Waals surface area contributed by atoms with Gasteiger partial charge in [0.25, 0.3) is 16.0 Å². The summed E-state index contributed by atoms with van der Waals surface area (Å²) in [5.41, 5.74) is 1.51. The van der Waals surface area contributed by atoms with Crippen LogP contribution >= 0.6 is 0 Å². The van der Waals surface area contributed by atoms with E-state index in [2.05, 4.69) is 27.7 Å². The van der Waals surface area contributed by atoms with Crippen LogP contribution in [-0.4, -0.2) is 42.9 Å². The van der Waals surface area contributed by atoms with E-state index in [1.54, 1.807) is 0 Å². The fraction of sp³-hybridized carbons (Fsp3) is 0.273. The molecular formula is C22H24N4O4S. The Morgan fingerprint density at radius 1 is 1.13 bits per heavy atom. The number of hydrogen-bond donors (Lipinski definition) is 3. The number of carbonyl (C=O) groups is 1. The first-order valence-corrected chi connectivity index (χ1v) is 11.3. The molecule has 1 aliphatic heterocycles. The summed E-state index contributed by atoms with van der Waals surface area (Å²) in [6, 6.07) is 17.4. The molecule has 3 N–H and O–H groups in total. The van der Waals surface area contributed by atoms with E-state index in [1.165, 1.54) is 36.0 Å². The molecule has 0 aromatic heterocycles. The van der Waals surface area contributed by atoms with Gasteiger partial charge in [0.1, 0.15) is 11.6 Å². The van der Waals surface area contributed by atoms with E-state index in [0.717, 1.165) is 32.5 Å². The SMILES string of the molecule is N#C/C(=C/NC1CCN(Cc2ccccc2)CC1)C(=O)Nc1ccc(S(=O)(=O)O)cc1. The lowest BCUT2D eigenvalue weighted by molar-refractivity contribution is -0.112. The number of nitriles is 1. The highest BCUT2D eigenvalue weighted by atomic mass is 32.2. The first kappa shape index (κ1) is 22.5. The second-order valence-electron chi connectivity index (χ2n) is 7.33. The lowest BCUT2D eigenvalue weighted by atomic mass is 10.0. The molecule has 2 aromatic rings. The van der Waals surface area contributed by atoms with E-state index in [1.807, 2.05) is 24.3 Å². The monoisotopic (exact) mass is 440 g/mol. The van der Waals surface area contributed by atoms with E-state index in [-0.39, 0.29) is 16.5 Å². The summed E-state index contributed by atoms with van der Waals surface area (Å²) in [6.07, 6.45) is 3.24. The minimum Gasteiger partial charge on any atom is -0.387 e. The summed E-state index contributed by atoms with van der Waals surface area (Å²) in [4.78, 5) is 14.4. The van der Waals surface area contributed by atoms with Crippen LogP contribution in [0.4, 0.5) is 5.69 Å². The first-order chi connectivity index (χ1) is 14.8. The van der Waals surface area contributed by atoms with Crippen molar-refractivity contribution in [2.45, 2.75) is 30.3 Å². The van der Waals surface area contributed by atoms with Gasteiger partial charge in [0, 0.05) is 37.6 Å². The highest BCUT2D eigenvalue weighted by Gasteiger charge is 2.19. The Kier molecular flexibility index (Phi) is 7.41. The normalized spacial score (nSPS) is 15.8. The number of nitrogens with zero attached hydrogens (tertiary/aromatic N) is 2. The zero-order valence-corrected chi connectivity index (χ0v) is 17.7. The third-order valence-corrected chi connectivity index (χ3v) is 5.94. The van der Waals surface area contributed by atoms with Gasteiger partial charge in [-0.15, -0.1) is 0 Å². The van der Waals surface area contributed by atoms with Crippen LogP contribution in [0.2, 0.25) is 0 Å². The Hall–Kier alpha value is -3.19. The molecule has 1 aliphatic rings. The topological polar surface area (TPSA) is 123 Å². The number of carbonyl (C=O) groups excluding carboxylic acids is 1. The zero-order chi connectivity index (χ0) is 22.3. The van der Waals surface area contributed by atoms with Crippen LogP contribution in [0, 0.1) is 11.3 Å². The van der Waals surface area contributed by atoms with Gasteiger partial charge in [-0.05, 0) is 42.7 Å². The minimum absolute atomic E-state index is 0.0782. The Balaban J connectivity index is 1.50. The molecule has 1 fully saturated rings. The molecule has 0 bridgehead atoms. The van der Waals surface area contributed by atoms with Gasteiger partial charge in [0.05, 0.1) is 4.90 Å². The molecule has 0 radical (unpaired) electrons. The maximum atomic E-state index is 12.3. The van der Waals surface area contributed by atoms with E-state index in [4.69, 9.17) is 4.55 Å². The number of piperidine rings is 1. The van der Waals surface area contributed by atoms with Crippen molar-refractivity contribution in [3.63, 3.8) is 0 Å². The second kappa shape index (κ2) is 10.2. The van der Waals surface area contributed by atoms with Gasteiger partial charge in [0.2, 0.25) is 0 Å². The summed E-state index contributed by atoms with van der Waals surface area (Å²) in [6.45, 7) is 2.76. The fourth-order valence-electron chi connectivity index (χ4n) is 3.36. The van der Waals surface area contributed by atoms with Crippen molar-refractivity contribution >= 4 is 21.7 Å². The number of likely N-dealkylation sites (tertiary alicyclic amines) is 1. The Morgan fingerprint density at radius 3 is 2.35 bits per heavy atom. The maximum absolute atomic E-state index is 12.3. The van der Waals surface area contributed by atoms with Crippen LogP contribution in [0.1, 0.15) is 18.4 Å². The van der Waals surface area contributed by atoms with E-state index >= 15 is 0 Å². The van der Waals surface area contributed by atoms with Crippen LogP contribution in [0.15, 0.2) is 71.3 Å². The number of amides is 1. The lowest BCUT2D eigenvalue weighted by Crippen LogP contribution is -2.40. The molecule has 0 unspecified atom stereocenters. The van der Waals surface area contributed by atoms with Crippen molar-refractivity contribution in [2.24, 2.45) is 0 Å². The minimum atomic E-state index is -4.30. The van der Waals surface area contributed by atoms with Gasteiger partial charge >= 0.3 is 0 Å². The van der Waals surface area contributed by atoms with Gasteiger partial charge in [-0.3, -0.25) is 14.2 Å². The zero-order valence-electron chi connectivity index (χ0n) is 16.9. The van der Waals surface area contributed by atoms with Crippen LogP contribution in [0.3, 0.4) is 0 Å². The van der Waals surface area contributed by atoms with E-state index in [9.17, 15) is 18.5 Å². The molecule has 3 rings (SSSR count). The lowest BCUT2D eigenvalue weighted by Gasteiger charge is -2.32. The van der Waals surface area contributed by atoms with Gasteiger partial charge in [-0.2, -0.15) is 13.7 Å². The Labute approximate surface area is 181 Å². The van der Waals surface area contributed by atoms with Gasteiger partial charge < -0.3 is 10.6 Å². The Bertz CT molecular complexity index is 1070. The maximum Gasteiger partial charge on any atom is 0.294 e. The molecule has 0 saturated carbocycles. The molecule has 162 valence electrons. The summed E-state index contributed by atoms with van der Waals surface area (Å²) in [7, 11) is -4.30. The molecule has 0 spiro atoms. The highest BCUT2D eigenvalue weighted by Crippen LogP contribution is 2.16. The standard InChI is InChI=1S/C22H24N4O4S/c23-14-18(22(27)25-20-6-8-21(9-7-20)31(28,29)30)15-24-19-10-12-26(13-11-19)16-17-4-2-1-3-5-17/h1-9,15,19,24H,10-13,16H2,(H,25,27)(H,28,29,30)/b18-15-. The number of rotatable bonds is 7. The molecule has 2 aromatic carbocycles. The van der Waals surface area contributed by atoms with Crippen molar-refractivity contribution in [3.8, 4) is 6.07 Å². The third kappa shape index (κ3) is 6.65. The van der Waals surface area contributed by atoms with Crippen LogP contribution in [0.25, 0.3) is 0 Å². The quantitative estimate of drug-likeness (QED) is 0.343. The molecule has 0 atom stereocenters. The van der Waals surface area contributed by atoms with Gasteiger partial charge in [-0.25, -0.2) is 0 Å². The number of benzene rings is 2. The summed E-state index contributed by atoms with van der Waals surface area (Å²) in [5, 5.41) is 15.0. The first-order valence-electron chi connectivity index (χ1n) is 9.86. The summed E-state index contributed by atoms with van der Waals surface area (Å²) >= 11 is 0. The number of nitrogens with one attached hydrogen (secondary N) is 2. The average Bonchev–Trinajstić information content (AvgIpc) is 2.76. The molecule has 8 nitrogen and oxygen atoms in total. The summed E-state index contributed by atoms with van der Waals surface area (Å²) in [5.74, 6) is -0.601. The van der Waals surface area contributed by atoms with Crippen molar-refractivity contribution in [1.29, 1.82) is 5.26 Å². The molecular weight excluding hydrogens is 416 g/mol. The predicted molar refractivity (Wildman–Crippen MR) is 116 cm³/mol. The van der Waals surface area contributed by atoms with Crippen molar-refractivity contribution in [3.05, 3.63) is 71.9 Å². The van der Waals surface area contributed by atoms with Gasteiger partial charge in [0.15, 0.2) is 0 Å². The molecule has 1 amide bonds. The molecule has 1 heterocycles. The van der Waals surface area contributed by atoms with Crippen molar-refractivity contribution in [1.82, 2.24) is 10.2 Å². The second-order valence-corrected chi connectivity index (χ2v) is 8.75. The third-order valence-electron chi connectivity index (χ3n) is 5.08. The molecule has 9 heteroatoms. The molecule has 31 heavy (non-hydrogen) atoms. The van der Waals surface area contributed by atoms with Crippen LogP contribution in [0.5, 0.6) is 0 Å². The van der Waals surface area contributed by atoms with E-state index < -0.39 is 16.0 Å². The fourth-order valence-corrected chi connectivity index (χ4v) is 3.84. The highest BCUT2D eigenvalue weighted by molar-refractivity contribution is 7.85. The van der Waals surface area contributed by atoms with Crippen molar-refractivity contribution in [2.75, 3.05) is 18.4 Å².